The summed E-state index contributed by atoms with van der Waals surface area (Å²) in [6.45, 7) is 0. The minimum atomic E-state index is -2.18. The first-order chi connectivity index (χ1) is 8.45. The van der Waals surface area contributed by atoms with Crippen molar-refractivity contribution in [3.05, 3.63) is 10.1 Å². The Hall–Kier alpha value is 0.420. The van der Waals surface area contributed by atoms with Crippen LogP contribution in [0, 0.1) is 11.8 Å². The fourth-order valence-electron chi connectivity index (χ4n) is 2.61. The van der Waals surface area contributed by atoms with Crippen LogP contribution in [-0.4, -0.2) is 36.2 Å². The molecule has 0 aromatic carbocycles. The topological polar surface area (TPSA) is 74.6 Å². The van der Waals surface area contributed by atoms with E-state index < -0.39 is 37.9 Å². The predicted molar refractivity (Wildman–Crippen MR) is 72.6 cm³/mol. The molecule has 0 aromatic rings. The molecular formula is C9H4Cl6O4. The molecule has 0 saturated heterocycles. The first-order valence-corrected chi connectivity index (χ1v) is 7.00. The van der Waals surface area contributed by atoms with Crippen LogP contribution < -0.4 is 0 Å². The Morgan fingerprint density at radius 2 is 1.11 bits per heavy atom. The summed E-state index contributed by atoms with van der Waals surface area (Å²) < 4.78 is -2.18. The van der Waals surface area contributed by atoms with Crippen molar-refractivity contribution in [3.8, 4) is 0 Å². The molecule has 2 aliphatic carbocycles. The van der Waals surface area contributed by atoms with E-state index >= 15 is 0 Å². The van der Waals surface area contributed by atoms with Crippen molar-refractivity contribution in [3.63, 3.8) is 0 Å². The summed E-state index contributed by atoms with van der Waals surface area (Å²) in [6, 6.07) is 0. The molecule has 19 heavy (non-hydrogen) atoms. The maximum atomic E-state index is 11.3. The summed E-state index contributed by atoms with van der Waals surface area (Å²) in [4.78, 5) is 18.5. The molecule has 2 aliphatic rings. The van der Waals surface area contributed by atoms with Gasteiger partial charge in [-0.2, -0.15) is 0 Å². The third kappa shape index (κ3) is 1.46. The summed E-state index contributed by atoms with van der Waals surface area (Å²) in [5.74, 6) is -6.49. The summed E-state index contributed by atoms with van der Waals surface area (Å²) in [5, 5.41) is 17.8. The van der Waals surface area contributed by atoms with E-state index in [0.29, 0.717) is 0 Å². The van der Waals surface area contributed by atoms with Crippen molar-refractivity contribution in [2.75, 3.05) is 0 Å². The molecule has 106 valence electrons. The predicted octanol–water partition coefficient (Wildman–Crippen LogP) is 3.23. The molecule has 0 heterocycles. The van der Waals surface area contributed by atoms with Crippen molar-refractivity contribution in [2.24, 2.45) is 11.8 Å². The summed E-state index contributed by atoms with van der Waals surface area (Å²) >= 11 is 36.2. The monoisotopic (exact) mass is 386 g/mol. The molecule has 0 amide bonds. The van der Waals surface area contributed by atoms with Crippen LogP contribution in [0.25, 0.3) is 0 Å². The van der Waals surface area contributed by atoms with Crippen molar-refractivity contribution in [1.82, 2.24) is 0 Å². The SMILES string of the molecule is O=C(O)[C@H]1[C@H](C(=O)O)C2(Cl)C(Cl)=C(Cl)C1(Cl)C2(Cl)Cl. The average Bonchev–Trinajstić information content (AvgIpc) is 2.48. The van der Waals surface area contributed by atoms with Gasteiger partial charge in [0.25, 0.3) is 0 Å². The molecule has 1 saturated carbocycles. The number of carboxylic acid groups (broad SMARTS) is 2. The smallest absolute Gasteiger partial charge is 0.309 e. The molecule has 0 radical (unpaired) electrons. The van der Waals surface area contributed by atoms with Gasteiger partial charge in [0.1, 0.15) is 9.75 Å². The van der Waals surface area contributed by atoms with Crippen LogP contribution in [-0.2, 0) is 9.59 Å². The molecule has 2 N–H and O–H groups in total. The normalized spacial score (nSPS) is 43.7. The zero-order valence-corrected chi connectivity index (χ0v) is 13.2. The second-order valence-electron chi connectivity index (χ2n) is 4.26. The number of rotatable bonds is 2. The number of alkyl halides is 4. The van der Waals surface area contributed by atoms with Gasteiger partial charge in [0, 0.05) is 0 Å². The van der Waals surface area contributed by atoms with Crippen LogP contribution in [0.4, 0.5) is 0 Å². The highest BCUT2D eigenvalue weighted by molar-refractivity contribution is 6.66. The van der Waals surface area contributed by atoms with E-state index in [2.05, 4.69) is 0 Å². The molecule has 1 fully saturated rings. The van der Waals surface area contributed by atoms with Gasteiger partial charge in [-0.25, -0.2) is 0 Å². The highest BCUT2D eigenvalue weighted by atomic mass is 35.5. The highest BCUT2D eigenvalue weighted by Crippen LogP contribution is 2.76. The minimum Gasteiger partial charge on any atom is -0.481 e. The van der Waals surface area contributed by atoms with Gasteiger partial charge < -0.3 is 10.2 Å². The van der Waals surface area contributed by atoms with E-state index in [1.807, 2.05) is 0 Å². The maximum Gasteiger partial charge on any atom is 0.309 e. The molecule has 2 bridgehead atoms. The molecule has 10 heteroatoms. The minimum absolute atomic E-state index is 0.347. The Kier molecular flexibility index (Phi) is 3.50. The largest absolute Gasteiger partial charge is 0.481 e. The zero-order valence-electron chi connectivity index (χ0n) is 8.63. The van der Waals surface area contributed by atoms with Gasteiger partial charge in [0.05, 0.1) is 21.9 Å². The molecule has 2 unspecified atom stereocenters. The van der Waals surface area contributed by atoms with Crippen molar-refractivity contribution in [1.29, 1.82) is 0 Å². The number of allylic oxidation sites excluding steroid dienone is 2. The van der Waals surface area contributed by atoms with Crippen LogP contribution in [0.3, 0.4) is 0 Å². The van der Waals surface area contributed by atoms with Gasteiger partial charge in [-0.3, -0.25) is 9.59 Å². The van der Waals surface area contributed by atoms with E-state index in [4.69, 9.17) is 69.6 Å². The Morgan fingerprint density at radius 3 is 1.32 bits per heavy atom. The second kappa shape index (κ2) is 4.21. The summed E-state index contributed by atoms with van der Waals surface area (Å²) in [6.07, 6.45) is 0. The Morgan fingerprint density at radius 1 is 0.842 bits per heavy atom. The lowest BCUT2D eigenvalue weighted by molar-refractivity contribution is -0.153. The van der Waals surface area contributed by atoms with Gasteiger partial charge in [-0.15, -0.1) is 23.2 Å². The first kappa shape index (κ1) is 15.8. The number of carbonyl (C=O) groups is 2. The Labute approximate surface area is 137 Å². The molecule has 0 aromatic heterocycles. The van der Waals surface area contributed by atoms with Crippen molar-refractivity contribution < 1.29 is 19.8 Å². The lowest BCUT2D eigenvalue weighted by Crippen LogP contribution is -2.45. The van der Waals surface area contributed by atoms with Gasteiger partial charge in [-0.05, 0) is 0 Å². The lowest BCUT2D eigenvalue weighted by atomic mass is 9.82. The van der Waals surface area contributed by atoms with Gasteiger partial charge in [0.2, 0.25) is 0 Å². The summed E-state index contributed by atoms with van der Waals surface area (Å²) in [7, 11) is 0. The quantitative estimate of drug-likeness (QED) is 0.712. The van der Waals surface area contributed by atoms with Crippen LogP contribution in [0.15, 0.2) is 10.1 Å². The van der Waals surface area contributed by atoms with Gasteiger partial charge in [0.15, 0.2) is 4.33 Å². The fraction of sp³-hybridized carbons (Fsp3) is 0.556. The van der Waals surface area contributed by atoms with Gasteiger partial charge in [-0.1, -0.05) is 46.4 Å². The van der Waals surface area contributed by atoms with Crippen LogP contribution in [0.5, 0.6) is 0 Å². The van der Waals surface area contributed by atoms with Crippen LogP contribution >= 0.6 is 69.6 Å². The zero-order chi connectivity index (χ0) is 15.0. The molecule has 0 aliphatic heterocycles. The Bertz CT molecular complexity index is 487. The molecule has 4 nitrogen and oxygen atoms in total. The van der Waals surface area contributed by atoms with E-state index in [-0.39, 0.29) is 10.1 Å². The number of aliphatic carboxylic acids is 2. The molecular weight excluding hydrogens is 385 g/mol. The Balaban J connectivity index is 2.84. The van der Waals surface area contributed by atoms with E-state index in [1.165, 1.54) is 0 Å². The van der Waals surface area contributed by atoms with Crippen LogP contribution in [0.2, 0.25) is 0 Å². The number of hydrogen-bond acceptors (Lipinski definition) is 2. The molecule has 0 spiro atoms. The number of carboxylic acids is 2. The summed E-state index contributed by atoms with van der Waals surface area (Å²) in [5.41, 5.74) is 0. The molecule has 2 rings (SSSR count). The first-order valence-electron chi connectivity index (χ1n) is 4.73. The van der Waals surface area contributed by atoms with Crippen molar-refractivity contribution >= 4 is 81.5 Å². The van der Waals surface area contributed by atoms with Gasteiger partial charge >= 0.3 is 11.9 Å². The lowest BCUT2D eigenvalue weighted by Gasteiger charge is -2.31. The fourth-order valence-corrected chi connectivity index (χ4v) is 5.54. The molecule has 4 atom stereocenters. The third-order valence-electron chi connectivity index (χ3n) is 3.47. The average molecular weight is 389 g/mol. The number of halogens is 6. The highest BCUT2D eigenvalue weighted by Gasteiger charge is 2.85. The van der Waals surface area contributed by atoms with E-state index in [1.54, 1.807) is 0 Å². The van der Waals surface area contributed by atoms with E-state index in [0.717, 1.165) is 0 Å². The van der Waals surface area contributed by atoms with E-state index in [9.17, 15) is 19.8 Å². The maximum absolute atomic E-state index is 11.3. The van der Waals surface area contributed by atoms with Crippen molar-refractivity contribution in [2.45, 2.75) is 14.1 Å². The third-order valence-corrected chi connectivity index (χ3v) is 7.73. The second-order valence-corrected chi connectivity index (χ2v) is 7.53. The number of hydrogen-bond donors (Lipinski definition) is 2. The van der Waals surface area contributed by atoms with Crippen LogP contribution in [0.1, 0.15) is 0 Å². The number of fused-ring (bicyclic) bond motifs is 2. The standard InChI is InChI=1S/C9H4Cl6O4/c10-3-4(11)8(13)2(6(18)19)1(5(16)17)7(3,12)9(8,14)15/h1-2H,(H,16,17)(H,18,19)/t1-,2-,7?,8?/m1/s1.